The van der Waals surface area contributed by atoms with Crippen molar-refractivity contribution >= 4 is 12.2 Å². The highest BCUT2D eigenvalue weighted by Gasteiger charge is 2.61. The molecule has 76 valence electrons. The first-order chi connectivity index (χ1) is 6.51. The quantitative estimate of drug-likeness (QED) is 0.315. The molecule has 1 rings (SSSR count). The van der Waals surface area contributed by atoms with Crippen molar-refractivity contribution in [1.82, 2.24) is 0 Å². The minimum atomic E-state index is -0.789. The van der Waals surface area contributed by atoms with Gasteiger partial charge in [0.1, 0.15) is 0 Å². The third-order valence-electron chi connectivity index (χ3n) is 2.62. The smallest absolute Gasteiger partial charge is 0.307 e. The van der Waals surface area contributed by atoms with Crippen molar-refractivity contribution in [3.05, 3.63) is 0 Å². The molecule has 4 heteroatoms. The van der Waals surface area contributed by atoms with Crippen LogP contribution in [0.1, 0.15) is 13.8 Å². The van der Waals surface area contributed by atoms with Gasteiger partial charge in [0.05, 0.1) is 5.92 Å². The van der Waals surface area contributed by atoms with Crippen molar-refractivity contribution in [2.75, 3.05) is 6.61 Å². The number of carboxylic acid groups (broad SMARTS) is 1. The molecule has 14 heavy (non-hydrogen) atoms. The van der Waals surface area contributed by atoms with E-state index >= 15 is 0 Å². The van der Waals surface area contributed by atoms with Crippen molar-refractivity contribution in [3.63, 3.8) is 0 Å². The lowest BCUT2D eigenvalue weighted by molar-refractivity contribution is -0.139. The van der Waals surface area contributed by atoms with E-state index in [1.165, 1.54) is 6.21 Å². The fourth-order valence-electron chi connectivity index (χ4n) is 1.61. The SMILES string of the molecule is C#CCON=CC1[C@@H](C(=O)O)C1(C)C. The van der Waals surface area contributed by atoms with E-state index in [0.29, 0.717) is 0 Å². The number of nitrogens with zero attached hydrogens (tertiary/aromatic N) is 1. The largest absolute Gasteiger partial charge is 0.481 e. The number of hydrogen-bond donors (Lipinski definition) is 1. The zero-order chi connectivity index (χ0) is 10.8. The summed E-state index contributed by atoms with van der Waals surface area (Å²) in [6, 6.07) is 0. The topological polar surface area (TPSA) is 58.9 Å². The van der Waals surface area contributed by atoms with Gasteiger partial charge in [-0.15, -0.1) is 6.42 Å². The second kappa shape index (κ2) is 3.70. The van der Waals surface area contributed by atoms with Crippen LogP contribution in [0.25, 0.3) is 0 Å². The molecule has 1 fully saturated rings. The van der Waals surface area contributed by atoms with Crippen LogP contribution in [0.15, 0.2) is 5.16 Å². The Bertz CT molecular complexity index is 301. The number of hydrogen-bond acceptors (Lipinski definition) is 3. The van der Waals surface area contributed by atoms with Gasteiger partial charge in [-0.2, -0.15) is 0 Å². The second-order valence-electron chi connectivity index (χ2n) is 3.90. The Balaban J connectivity index is 2.45. The van der Waals surface area contributed by atoms with Crippen molar-refractivity contribution in [1.29, 1.82) is 0 Å². The minimum Gasteiger partial charge on any atom is -0.481 e. The normalized spacial score (nSPS) is 28.4. The van der Waals surface area contributed by atoms with E-state index in [9.17, 15) is 4.79 Å². The summed E-state index contributed by atoms with van der Waals surface area (Å²) in [5.74, 6) is 1.06. The van der Waals surface area contributed by atoms with E-state index in [4.69, 9.17) is 16.4 Å². The molecule has 1 unspecified atom stereocenters. The van der Waals surface area contributed by atoms with Crippen LogP contribution in [0.4, 0.5) is 0 Å². The van der Waals surface area contributed by atoms with Crippen LogP contribution in [0.3, 0.4) is 0 Å². The maximum absolute atomic E-state index is 10.7. The zero-order valence-corrected chi connectivity index (χ0v) is 8.23. The van der Waals surface area contributed by atoms with Gasteiger partial charge < -0.3 is 9.94 Å². The number of rotatable bonds is 4. The Labute approximate surface area is 82.9 Å². The molecule has 1 saturated carbocycles. The molecular formula is C10H13NO3. The number of aliphatic carboxylic acids is 1. The molecule has 2 atom stereocenters. The van der Waals surface area contributed by atoms with Crippen molar-refractivity contribution in [3.8, 4) is 12.3 Å². The van der Waals surface area contributed by atoms with Crippen LogP contribution in [-0.2, 0) is 9.63 Å². The molecule has 4 nitrogen and oxygen atoms in total. The fourth-order valence-corrected chi connectivity index (χ4v) is 1.61. The number of carbonyl (C=O) groups is 1. The van der Waals surface area contributed by atoms with Gasteiger partial charge in [-0.3, -0.25) is 4.79 Å². The predicted octanol–water partition coefficient (Wildman–Crippen LogP) is 0.979. The lowest BCUT2D eigenvalue weighted by Gasteiger charge is -1.96. The molecule has 0 spiro atoms. The molecule has 0 bridgehead atoms. The Hall–Kier alpha value is -1.50. The molecule has 0 aliphatic heterocycles. The average molecular weight is 195 g/mol. The average Bonchev–Trinajstić information content (AvgIpc) is 2.62. The molecule has 1 N–H and O–H groups in total. The standard InChI is InChI=1S/C10H13NO3/c1-4-5-14-11-6-7-8(9(12)13)10(7,2)3/h1,6-8H,5H2,2-3H3,(H,12,13)/t7?,8-/m0/s1. The third kappa shape index (κ3) is 1.87. The summed E-state index contributed by atoms with van der Waals surface area (Å²) in [5.41, 5.74) is -0.227. The first-order valence-corrected chi connectivity index (χ1v) is 4.33. The predicted molar refractivity (Wildman–Crippen MR) is 51.7 cm³/mol. The van der Waals surface area contributed by atoms with Gasteiger partial charge in [0.2, 0.25) is 0 Å². The maximum atomic E-state index is 10.7. The van der Waals surface area contributed by atoms with Crippen molar-refractivity contribution in [2.24, 2.45) is 22.4 Å². The summed E-state index contributed by atoms with van der Waals surface area (Å²) < 4.78 is 0. The van der Waals surface area contributed by atoms with Gasteiger partial charge >= 0.3 is 5.97 Å². The Morgan fingerprint density at radius 3 is 2.86 bits per heavy atom. The molecule has 1 aliphatic rings. The monoisotopic (exact) mass is 195 g/mol. The first-order valence-electron chi connectivity index (χ1n) is 4.33. The van der Waals surface area contributed by atoms with Crippen molar-refractivity contribution in [2.45, 2.75) is 13.8 Å². The van der Waals surface area contributed by atoms with Gasteiger partial charge in [0.15, 0.2) is 6.61 Å². The van der Waals surface area contributed by atoms with Crippen LogP contribution in [0.2, 0.25) is 0 Å². The Morgan fingerprint density at radius 2 is 2.43 bits per heavy atom. The van der Waals surface area contributed by atoms with E-state index in [1.807, 2.05) is 13.8 Å². The minimum absolute atomic E-state index is 0.0576. The first kappa shape index (κ1) is 10.6. The fraction of sp³-hybridized carbons (Fsp3) is 0.600. The van der Waals surface area contributed by atoms with E-state index in [0.717, 1.165) is 0 Å². The highest BCUT2D eigenvalue weighted by atomic mass is 16.6. The molecular weight excluding hydrogens is 182 g/mol. The van der Waals surface area contributed by atoms with Gasteiger partial charge in [0.25, 0.3) is 0 Å². The van der Waals surface area contributed by atoms with Gasteiger partial charge in [0, 0.05) is 12.1 Å². The molecule has 0 aromatic carbocycles. The lowest BCUT2D eigenvalue weighted by Crippen LogP contribution is -2.03. The number of carboxylic acids is 1. The molecule has 0 saturated heterocycles. The Kier molecular flexibility index (Phi) is 2.80. The van der Waals surface area contributed by atoms with Crippen LogP contribution >= 0.6 is 0 Å². The second-order valence-corrected chi connectivity index (χ2v) is 3.90. The summed E-state index contributed by atoms with van der Waals surface area (Å²) in [6.07, 6.45) is 6.47. The van der Waals surface area contributed by atoms with E-state index < -0.39 is 5.97 Å². The van der Waals surface area contributed by atoms with E-state index in [1.54, 1.807) is 0 Å². The summed E-state index contributed by atoms with van der Waals surface area (Å²) in [7, 11) is 0. The highest BCUT2D eigenvalue weighted by Crippen LogP contribution is 2.57. The van der Waals surface area contributed by atoms with Crippen LogP contribution in [0.5, 0.6) is 0 Å². The van der Waals surface area contributed by atoms with Crippen molar-refractivity contribution < 1.29 is 14.7 Å². The molecule has 0 radical (unpaired) electrons. The van der Waals surface area contributed by atoms with Crippen LogP contribution < -0.4 is 0 Å². The molecule has 0 aromatic heterocycles. The van der Waals surface area contributed by atoms with E-state index in [2.05, 4.69) is 11.1 Å². The third-order valence-corrected chi connectivity index (χ3v) is 2.62. The molecule has 0 amide bonds. The van der Waals surface area contributed by atoms with Gasteiger partial charge in [-0.1, -0.05) is 24.9 Å². The Morgan fingerprint density at radius 1 is 1.79 bits per heavy atom. The molecule has 0 aromatic rings. The highest BCUT2D eigenvalue weighted by molar-refractivity contribution is 5.84. The molecule has 1 aliphatic carbocycles. The van der Waals surface area contributed by atoms with Gasteiger partial charge in [-0.25, -0.2) is 0 Å². The lowest BCUT2D eigenvalue weighted by atomic mass is 10.1. The number of oxime groups is 1. The van der Waals surface area contributed by atoms with Crippen LogP contribution in [-0.4, -0.2) is 23.9 Å². The summed E-state index contributed by atoms with van der Waals surface area (Å²) in [4.78, 5) is 15.4. The summed E-state index contributed by atoms with van der Waals surface area (Å²) in [5, 5.41) is 12.4. The van der Waals surface area contributed by atoms with E-state index in [-0.39, 0.29) is 23.9 Å². The molecule has 0 heterocycles. The summed E-state index contributed by atoms with van der Waals surface area (Å²) in [6.45, 7) is 3.90. The number of terminal acetylenes is 1. The maximum Gasteiger partial charge on any atom is 0.307 e. The summed E-state index contributed by atoms with van der Waals surface area (Å²) >= 11 is 0. The zero-order valence-electron chi connectivity index (χ0n) is 8.23. The van der Waals surface area contributed by atoms with Gasteiger partial charge in [-0.05, 0) is 5.41 Å². The van der Waals surface area contributed by atoms with Crippen LogP contribution in [0, 0.1) is 29.6 Å².